The van der Waals surface area contributed by atoms with E-state index >= 15 is 0 Å². The van der Waals surface area contributed by atoms with Gasteiger partial charge in [0.05, 0.1) is 11.9 Å². The fraction of sp³-hybridized carbons (Fsp3) is 0.100. The number of nitrogens with one attached hydrogen (secondary N) is 1. The second-order valence-corrected chi connectivity index (χ2v) is 5.90. The number of nitrogens with zero attached hydrogens (tertiary/aromatic N) is 2. The first-order chi connectivity index (χ1) is 12.2. The van der Waals surface area contributed by atoms with Crippen molar-refractivity contribution < 1.29 is 9.18 Å². The summed E-state index contributed by atoms with van der Waals surface area (Å²) >= 11 is 0. The van der Waals surface area contributed by atoms with Gasteiger partial charge >= 0.3 is 0 Å². The second-order valence-electron chi connectivity index (χ2n) is 5.90. The van der Waals surface area contributed by atoms with E-state index in [4.69, 9.17) is 0 Å². The summed E-state index contributed by atoms with van der Waals surface area (Å²) in [6.07, 6.45) is 2.75. The molecule has 0 saturated carbocycles. The molecule has 0 saturated heterocycles. The fourth-order valence-corrected chi connectivity index (χ4v) is 3.04. The molecule has 0 atom stereocenters. The van der Waals surface area contributed by atoms with Crippen LogP contribution in [0.5, 0.6) is 0 Å². The third-order valence-electron chi connectivity index (χ3n) is 4.28. The summed E-state index contributed by atoms with van der Waals surface area (Å²) in [5.41, 5.74) is 3.76. The first kappa shape index (κ1) is 15.3. The number of aromatic nitrogens is 1. The second kappa shape index (κ2) is 6.36. The predicted octanol–water partition coefficient (Wildman–Crippen LogP) is 4.17. The van der Waals surface area contributed by atoms with Crippen LogP contribution in [0, 0.1) is 5.82 Å². The Hall–Kier alpha value is -3.21. The number of anilines is 3. The van der Waals surface area contributed by atoms with Crippen LogP contribution in [0.1, 0.15) is 15.9 Å². The van der Waals surface area contributed by atoms with E-state index < -0.39 is 5.82 Å². The van der Waals surface area contributed by atoms with Crippen molar-refractivity contribution in [2.75, 3.05) is 16.8 Å². The zero-order valence-electron chi connectivity index (χ0n) is 13.4. The molecule has 1 aliphatic heterocycles. The van der Waals surface area contributed by atoms with Crippen molar-refractivity contribution in [2.45, 2.75) is 6.42 Å². The Bertz CT molecular complexity index is 924. The van der Waals surface area contributed by atoms with E-state index in [2.05, 4.69) is 27.3 Å². The topological polar surface area (TPSA) is 45.2 Å². The lowest BCUT2D eigenvalue weighted by molar-refractivity contribution is 0.102. The van der Waals surface area contributed by atoms with Gasteiger partial charge in [0, 0.05) is 17.8 Å². The Morgan fingerprint density at radius 1 is 1.08 bits per heavy atom. The number of fused-ring (bicyclic) bond motifs is 1. The quantitative estimate of drug-likeness (QED) is 0.782. The molecule has 0 bridgehead atoms. The summed E-state index contributed by atoms with van der Waals surface area (Å²) in [6.45, 7) is 0.913. The molecule has 124 valence electrons. The summed E-state index contributed by atoms with van der Waals surface area (Å²) in [5.74, 6) is -0.389. The standard InChI is InChI=1S/C20H16FN3O/c21-16-6-3-5-15(12-16)20(25)23-19-9-8-17(13-22-19)24-11-10-14-4-1-2-7-18(14)24/h1-9,12-13H,10-11H2,(H,22,23,25). The minimum absolute atomic E-state index is 0.263. The minimum atomic E-state index is -0.441. The van der Waals surface area contributed by atoms with Gasteiger partial charge in [0.25, 0.3) is 5.91 Å². The van der Waals surface area contributed by atoms with Gasteiger partial charge in [0.1, 0.15) is 11.6 Å². The molecule has 0 unspecified atom stereocenters. The third kappa shape index (κ3) is 3.08. The van der Waals surface area contributed by atoms with E-state index in [0.29, 0.717) is 5.82 Å². The highest BCUT2D eigenvalue weighted by Gasteiger charge is 2.20. The van der Waals surface area contributed by atoms with E-state index in [1.165, 1.54) is 29.4 Å². The predicted molar refractivity (Wildman–Crippen MR) is 95.7 cm³/mol. The number of hydrogen-bond donors (Lipinski definition) is 1. The summed E-state index contributed by atoms with van der Waals surface area (Å²) in [5, 5.41) is 2.69. The molecule has 3 aromatic rings. The van der Waals surface area contributed by atoms with Crippen molar-refractivity contribution in [3.8, 4) is 0 Å². The fourth-order valence-electron chi connectivity index (χ4n) is 3.04. The van der Waals surface area contributed by atoms with Gasteiger partial charge in [-0.05, 0) is 48.4 Å². The summed E-state index contributed by atoms with van der Waals surface area (Å²) in [7, 11) is 0. The van der Waals surface area contributed by atoms with Crippen LogP contribution in [-0.4, -0.2) is 17.4 Å². The molecule has 4 nitrogen and oxygen atoms in total. The number of carbonyl (C=O) groups excluding carboxylic acids is 1. The molecular weight excluding hydrogens is 317 g/mol. The van der Waals surface area contributed by atoms with Crippen LogP contribution in [0.25, 0.3) is 0 Å². The molecular formula is C20H16FN3O. The molecule has 1 aromatic heterocycles. The first-order valence-corrected chi connectivity index (χ1v) is 8.09. The summed E-state index contributed by atoms with van der Waals surface area (Å²) in [4.78, 5) is 18.7. The van der Waals surface area contributed by atoms with Gasteiger partial charge in [-0.15, -0.1) is 0 Å². The maximum atomic E-state index is 13.2. The number of carbonyl (C=O) groups is 1. The molecule has 1 N–H and O–H groups in total. The molecule has 0 spiro atoms. The maximum absolute atomic E-state index is 13.2. The van der Waals surface area contributed by atoms with Crippen LogP contribution in [0.2, 0.25) is 0 Å². The van der Waals surface area contributed by atoms with Crippen molar-refractivity contribution in [3.63, 3.8) is 0 Å². The number of hydrogen-bond acceptors (Lipinski definition) is 3. The van der Waals surface area contributed by atoms with Crippen LogP contribution in [0.3, 0.4) is 0 Å². The van der Waals surface area contributed by atoms with Crippen molar-refractivity contribution in [3.05, 3.63) is 83.8 Å². The Balaban J connectivity index is 1.50. The van der Waals surface area contributed by atoms with Crippen molar-refractivity contribution in [2.24, 2.45) is 0 Å². The van der Waals surface area contributed by atoms with Crippen molar-refractivity contribution in [1.29, 1.82) is 0 Å². The zero-order chi connectivity index (χ0) is 17.2. The lowest BCUT2D eigenvalue weighted by Crippen LogP contribution is -2.15. The van der Waals surface area contributed by atoms with Crippen LogP contribution in [-0.2, 0) is 6.42 Å². The normalized spacial score (nSPS) is 12.8. The zero-order valence-corrected chi connectivity index (χ0v) is 13.4. The Morgan fingerprint density at radius 3 is 2.76 bits per heavy atom. The highest BCUT2D eigenvalue weighted by Crippen LogP contribution is 2.34. The molecule has 0 radical (unpaired) electrons. The summed E-state index contributed by atoms with van der Waals surface area (Å²) < 4.78 is 13.2. The molecule has 0 aliphatic carbocycles. The van der Waals surface area contributed by atoms with Crippen LogP contribution in [0.4, 0.5) is 21.6 Å². The molecule has 5 heteroatoms. The smallest absolute Gasteiger partial charge is 0.256 e. The number of rotatable bonds is 3. The highest BCUT2D eigenvalue weighted by atomic mass is 19.1. The monoisotopic (exact) mass is 333 g/mol. The lowest BCUT2D eigenvalue weighted by atomic mass is 10.2. The van der Waals surface area contributed by atoms with Gasteiger partial charge < -0.3 is 10.2 Å². The highest BCUT2D eigenvalue weighted by molar-refractivity contribution is 6.03. The number of amides is 1. The molecule has 25 heavy (non-hydrogen) atoms. The SMILES string of the molecule is O=C(Nc1ccc(N2CCc3ccccc32)cn1)c1cccc(F)c1. The van der Waals surface area contributed by atoms with Gasteiger partial charge in [-0.25, -0.2) is 9.37 Å². The van der Waals surface area contributed by atoms with Crippen LogP contribution >= 0.6 is 0 Å². The Labute approximate surface area is 144 Å². The van der Waals surface area contributed by atoms with Crippen molar-refractivity contribution in [1.82, 2.24) is 4.98 Å². The molecule has 4 rings (SSSR count). The van der Waals surface area contributed by atoms with Gasteiger partial charge in [-0.3, -0.25) is 4.79 Å². The number of benzene rings is 2. The van der Waals surface area contributed by atoms with Crippen LogP contribution in [0.15, 0.2) is 66.9 Å². The van der Waals surface area contributed by atoms with E-state index in [9.17, 15) is 9.18 Å². The van der Waals surface area contributed by atoms with Gasteiger partial charge in [-0.1, -0.05) is 24.3 Å². The van der Waals surface area contributed by atoms with E-state index in [-0.39, 0.29) is 11.5 Å². The lowest BCUT2D eigenvalue weighted by Gasteiger charge is -2.19. The van der Waals surface area contributed by atoms with Gasteiger partial charge in [0.2, 0.25) is 0 Å². The molecule has 1 aliphatic rings. The Kier molecular flexibility index (Phi) is 3.90. The largest absolute Gasteiger partial charge is 0.340 e. The number of pyridine rings is 1. The summed E-state index contributed by atoms with van der Waals surface area (Å²) in [6, 6.07) is 17.6. The van der Waals surface area contributed by atoms with Gasteiger partial charge in [-0.2, -0.15) is 0 Å². The maximum Gasteiger partial charge on any atom is 0.256 e. The van der Waals surface area contributed by atoms with E-state index in [1.54, 1.807) is 18.3 Å². The van der Waals surface area contributed by atoms with Crippen LogP contribution < -0.4 is 10.2 Å². The average molecular weight is 333 g/mol. The molecule has 2 heterocycles. The minimum Gasteiger partial charge on any atom is -0.340 e. The average Bonchev–Trinajstić information content (AvgIpc) is 3.06. The van der Waals surface area contributed by atoms with Gasteiger partial charge in [0.15, 0.2) is 0 Å². The Morgan fingerprint density at radius 2 is 1.96 bits per heavy atom. The molecule has 2 aromatic carbocycles. The van der Waals surface area contributed by atoms with E-state index in [1.807, 2.05) is 18.2 Å². The number of para-hydroxylation sites is 1. The molecule has 1 amide bonds. The number of halogens is 1. The third-order valence-corrected chi connectivity index (χ3v) is 4.28. The molecule has 0 fully saturated rings. The first-order valence-electron chi connectivity index (χ1n) is 8.09. The van der Waals surface area contributed by atoms with Crippen molar-refractivity contribution >= 4 is 23.1 Å². The van der Waals surface area contributed by atoms with E-state index in [0.717, 1.165) is 18.7 Å².